The van der Waals surface area contributed by atoms with Crippen molar-refractivity contribution in [2.75, 3.05) is 0 Å². The Kier molecular flexibility index (Phi) is 3.87. The van der Waals surface area contributed by atoms with Crippen molar-refractivity contribution in [1.82, 2.24) is 10.1 Å². The molecule has 0 N–H and O–H groups in total. The Morgan fingerprint density at radius 2 is 2.15 bits per heavy atom. The second-order valence-corrected chi connectivity index (χ2v) is 6.11. The van der Waals surface area contributed by atoms with Crippen LogP contribution in [0, 0.1) is 6.92 Å². The summed E-state index contributed by atoms with van der Waals surface area (Å²) in [4.78, 5) is 17.2. The minimum atomic E-state index is -0.166. The van der Waals surface area contributed by atoms with Gasteiger partial charge in [-0.15, -0.1) is 11.8 Å². The molecular weight excluding hydrogens is 272 g/mol. The molecule has 0 aliphatic heterocycles. The molecule has 0 radical (unpaired) electrons. The van der Waals surface area contributed by atoms with E-state index in [2.05, 4.69) is 41.3 Å². The van der Waals surface area contributed by atoms with Crippen LogP contribution >= 0.6 is 11.8 Å². The van der Waals surface area contributed by atoms with Crippen LogP contribution < -0.4 is 0 Å². The third kappa shape index (κ3) is 2.93. The zero-order chi connectivity index (χ0) is 13.9. The zero-order valence-corrected chi connectivity index (χ0v) is 12.2. The van der Waals surface area contributed by atoms with Crippen LogP contribution in [-0.2, 0) is 10.5 Å². The highest BCUT2D eigenvalue weighted by Crippen LogP contribution is 2.30. The summed E-state index contributed by atoms with van der Waals surface area (Å²) in [6.07, 6.45) is 2.41. The van der Waals surface area contributed by atoms with Gasteiger partial charge in [-0.05, 0) is 31.9 Å². The number of ketones is 1. The molecule has 5 heteroatoms. The minimum absolute atomic E-state index is 0.166. The van der Waals surface area contributed by atoms with Gasteiger partial charge in [0.25, 0.3) is 0 Å². The third-order valence-corrected chi connectivity index (χ3v) is 4.48. The first-order chi connectivity index (χ1) is 9.72. The van der Waals surface area contributed by atoms with Crippen LogP contribution in [0.1, 0.15) is 42.5 Å². The van der Waals surface area contributed by atoms with E-state index in [1.54, 1.807) is 11.8 Å². The molecule has 1 aliphatic carbocycles. The normalized spacial score (nSPS) is 18.6. The van der Waals surface area contributed by atoms with Crippen LogP contribution in [-0.4, -0.2) is 15.9 Å². The minimum Gasteiger partial charge on any atom is -0.339 e. The van der Waals surface area contributed by atoms with Gasteiger partial charge in [-0.1, -0.05) is 22.9 Å². The maximum absolute atomic E-state index is 11.7. The first-order valence-electron chi connectivity index (χ1n) is 6.77. The van der Waals surface area contributed by atoms with E-state index in [1.165, 1.54) is 10.5 Å². The summed E-state index contributed by atoms with van der Waals surface area (Å²) >= 11 is 1.67. The molecule has 1 aliphatic rings. The van der Waals surface area contributed by atoms with Gasteiger partial charge in [0.1, 0.15) is 5.78 Å². The van der Waals surface area contributed by atoms with Crippen LogP contribution in [0.2, 0.25) is 0 Å². The van der Waals surface area contributed by atoms with Gasteiger partial charge >= 0.3 is 0 Å². The fraction of sp³-hybridized carbons (Fsp3) is 0.400. The molecule has 20 heavy (non-hydrogen) atoms. The molecule has 0 saturated heterocycles. The third-order valence-electron chi connectivity index (χ3n) is 3.48. The van der Waals surface area contributed by atoms with Crippen LogP contribution in [0.3, 0.4) is 0 Å². The molecule has 1 aromatic heterocycles. The summed E-state index contributed by atoms with van der Waals surface area (Å²) in [5, 5.41) is 3.97. The molecule has 1 aromatic carbocycles. The average Bonchev–Trinajstić information content (AvgIpc) is 3.06. The Bertz CT molecular complexity index is 607. The fourth-order valence-electron chi connectivity index (χ4n) is 2.33. The molecule has 104 valence electrons. The predicted molar refractivity (Wildman–Crippen MR) is 76.6 cm³/mol. The molecule has 0 amide bonds. The first kappa shape index (κ1) is 13.4. The average molecular weight is 288 g/mol. The maximum atomic E-state index is 11.7. The van der Waals surface area contributed by atoms with Crippen LogP contribution in [0.25, 0.3) is 0 Å². The van der Waals surface area contributed by atoms with Gasteiger partial charge in [-0.25, -0.2) is 0 Å². The van der Waals surface area contributed by atoms with Crippen molar-refractivity contribution in [2.45, 2.75) is 42.8 Å². The number of hydrogen-bond acceptors (Lipinski definition) is 5. The number of rotatable bonds is 4. The summed E-state index contributed by atoms with van der Waals surface area (Å²) in [6, 6.07) is 8.34. The van der Waals surface area contributed by atoms with E-state index >= 15 is 0 Å². The van der Waals surface area contributed by atoms with Gasteiger partial charge in [-0.2, -0.15) is 4.98 Å². The number of benzene rings is 1. The molecule has 1 saturated carbocycles. The van der Waals surface area contributed by atoms with Gasteiger partial charge < -0.3 is 4.52 Å². The van der Waals surface area contributed by atoms with Crippen LogP contribution in [0.4, 0.5) is 0 Å². The topological polar surface area (TPSA) is 56.0 Å². The highest BCUT2D eigenvalue weighted by atomic mass is 32.2. The second kappa shape index (κ2) is 5.79. The number of aromatic nitrogens is 2. The second-order valence-electron chi connectivity index (χ2n) is 5.06. The molecule has 1 fully saturated rings. The standard InChI is InChI=1S/C15H16N2O2S/c1-10-5-7-11(8-6-10)20-9-14-16-15(19-17-14)12-3-2-4-13(12)18/h5-8,12H,2-4,9H2,1H3. The Morgan fingerprint density at radius 1 is 1.35 bits per heavy atom. The van der Waals surface area contributed by atoms with Gasteiger partial charge in [-0.3, -0.25) is 4.79 Å². The van der Waals surface area contributed by atoms with Gasteiger partial charge in [0.2, 0.25) is 5.89 Å². The Balaban J connectivity index is 1.62. The lowest BCUT2D eigenvalue weighted by Gasteiger charge is -1.99. The molecular formula is C15H16N2O2S. The first-order valence-corrected chi connectivity index (χ1v) is 7.75. The number of thioether (sulfide) groups is 1. The summed E-state index contributed by atoms with van der Waals surface area (Å²) in [5.41, 5.74) is 1.25. The number of carbonyl (C=O) groups excluding carboxylic acids is 1. The Hall–Kier alpha value is -1.62. The van der Waals surface area contributed by atoms with Crippen molar-refractivity contribution in [1.29, 1.82) is 0 Å². The molecule has 2 aromatic rings. The quantitative estimate of drug-likeness (QED) is 0.806. The van der Waals surface area contributed by atoms with Gasteiger partial charge in [0, 0.05) is 11.3 Å². The van der Waals surface area contributed by atoms with E-state index in [9.17, 15) is 4.79 Å². The van der Waals surface area contributed by atoms with Crippen molar-refractivity contribution < 1.29 is 9.32 Å². The van der Waals surface area contributed by atoms with E-state index in [4.69, 9.17) is 4.52 Å². The summed E-state index contributed by atoms with van der Waals surface area (Å²) in [7, 11) is 0. The highest BCUT2D eigenvalue weighted by Gasteiger charge is 2.30. The Morgan fingerprint density at radius 3 is 2.85 bits per heavy atom. The lowest BCUT2D eigenvalue weighted by Crippen LogP contribution is -2.04. The SMILES string of the molecule is Cc1ccc(SCc2noc(C3CCCC3=O)n2)cc1. The van der Waals surface area contributed by atoms with E-state index in [1.807, 2.05) is 0 Å². The Labute approximate surface area is 122 Å². The van der Waals surface area contributed by atoms with Crippen molar-refractivity contribution in [3.05, 3.63) is 41.5 Å². The highest BCUT2D eigenvalue weighted by molar-refractivity contribution is 7.98. The zero-order valence-electron chi connectivity index (χ0n) is 11.3. The molecule has 1 atom stereocenters. The predicted octanol–water partition coefficient (Wildman–Crippen LogP) is 3.51. The van der Waals surface area contributed by atoms with Crippen LogP contribution in [0.5, 0.6) is 0 Å². The number of carbonyl (C=O) groups is 1. The van der Waals surface area contributed by atoms with E-state index in [0.29, 0.717) is 23.9 Å². The van der Waals surface area contributed by atoms with E-state index in [0.717, 1.165) is 12.8 Å². The molecule has 4 nitrogen and oxygen atoms in total. The van der Waals surface area contributed by atoms with Gasteiger partial charge in [0.15, 0.2) is 5.82 Å². The molecule has 1 unspecified atom stereocenters. The lowest BCUT2D eigenvalue weighted by atomic mass is 10.1. The monoisotopic (exact) mass is 288 g/mol. The van der Waals surface area contributed by atoms with E-state index in [-0.39, 0.29) is 11.7 Å². The summed E-state index contributed by atoms with van der Waals surface area (Å²) in [5.74, 6) is 1.87. The number of Topliss-reactive ketones (excluding diaryl/α,β-unsaturated/α-hetero) is 1. The largest absolute Gasteiger partial charge is 0.339 e. The molecule has 0 spiro atoms. The van der Waals surface area contributed by atoms with Crippen molar-refractivity contribution in [3.63, 3.8) is 0 Å². The molecule has 1 heterocycles. The number of hydrogen-bond donors (Lipinski definition) is 0. The smallest absolute Gasteiger partial charge is 0.237 e. The van der Waals surface area contributed by atoms with E-state index < -0.39 is 0 Å². The fourth-order valence-corrected chi connectivity index (χ4v) is 3.07. The van der Waals surface area contributed by atoms with Gasteiger partial charge in [0.05, 0.1) is 11.7 Å². The summed E-state index contributed by atoms with van der Waals surface area (Å²) < 4.78 is 5.23. The molecule has 3 rings (SSSR count). The van der Waals surface area contributed by atoms with Crippen molar-refractivity contribution >= 4 is 17.5 Å². The van der Waals surface area contributed by atoms with Crippen LogP contribution in [0.15, 0.2) is 33.7 Å². The number of aryl methyl sites for hydroxylation is 1. The van der Waals surface area contributed by atoms with Crippen molar-refractivity contribution in [3.8, 4) is 0 Å². The summed E-state index contributed by atoms with van der Waals surface area (Å²) in [6.45, 7) is 2.07. The molecule has 0 bridgehead atoms. The lowest BCUT2D eigenvalue weighted by molar-refractivity contribution is -0.119. The number of nitrogens with zero attached hydrogens (tertiary/aromatic N) is 2. The maximum Gasteiger partial charge on any atom is 0.237 e. The van der Waals surface area contributed by atoms with Crippen molar-refractivity contribution in [2.24, 2.45) is 0 Å².